The maximum absolute atomic E-state index is 12.6. The Kier molecular flexibility index (Phi) is 31.0. The van der Waals surface area contributed by atoms with E-state index in [0.29, 0.717) is 63.2 Å². The number of halogens is 2. The summed E-state index contributed by atoms with van der Waals surface area (Å²) in [5.74, 6) is 1.36. The van der Waals surface area contributed by atoms with Gasteiger partial charge in [0.15, 0.2) is 0 Å². The molecule has 0 spiro atoms. The van der Waals surface area contributed by atoms with Gasteiger partial charge in [0.1, 0.15) is 11.5 Å². The molecule has 0 fully saturated rings. The van der Waals surface area contributed by atoms with E-state index < -0.39 is 20.0 Å². The number of carbonyl (C=O) groups excluding carboxylic acids is 4. The van der Waals surface area contributed by atoms with Crippen LogP contribution in [-0.2, 0) is 39.2 Å². The minimum Gasteiger partial charge on any atom is -0.497 e. The Labute approximate surface area is 305 Å². The monoisotopic (exact) mass is 852 g/mol. The Bertz CT molecular complexity index is 1440. The van der Waals surface area contributed by atoms with Gasteiger partial charge in [-0.3, -0.25) is 0 Å². The molecule has 14 nitrogen and oxygen atoms in total. The zero-order chi connectivity index (χ0) is 37.4. The van der Waals surface area contributed by atoms with Crippen LogP contribution in [0.2, 0.25) is 0 Å². The van der Waals surface area contributed by atoms with Crippen molar-refractivity contribution in [1.82, 2.24) is 13.9 Å². The Balaban J connectivity index is -0.000000318. The molecule has 0 heterocycles. The van der Waals surface area contributed by atoms with Gasteiger partial charge < -0.3 is 20.5 Å². The molecular formula is C30H50ClIN4O10S2. The maximum atomic E-state index is 12.6. The van der Waals surface area contributed by atoms with Gasteiger partial charge in [-0.1, -0.05) is 36.4 Å². The van der Waals surface area contributed by atoms with Gasteiger partial charge >= 0.3 is 12.3 Å². The number of hydrogen-bond acceptors (Lipinski definition) is 12. The van der Waals surface area contributed by atoms with E-state index in [0.717, 1.165) is 17.5 Å². The number of sulfonamides is 2. The normalized spacial score (nSPS) is 10.1. The van der Waals surface area contributed by atoms with Gasteiger partial charge in [0, 0.05) is 38.2 Å². The minimum atomic E-state index is -3.47. The fraction of sp³-hybridized carbons (Fsp3) is 0.533. The van der Waals surface area contributed by atoms with E-state index in [9.17, 15) is 16.8 Å². The van der Waals surface area contributed by atoms with E-state index >= 15 is 0 Å². The molecule has 2 aromatic rings. The quantitative estimate of drug-likeness (QED) is 0.180. The number of benzene rings is 2. The number of hydrogen-bond donors (Lipinski definition) is 2. The smallest absolute Gasteiger partial charge is 0.373 e. The van der Waals surface area contributed by atoms with E-state index in [4.69, 9.17) is 34.4 Å². The molecule has 0 aromatic heterocycles. The molecule has 0 bridgehead atoms. The summed E-state index contributed by atoms with van der Waals surface area (Å²) in [6.45, 7) is 14.2. The molecule has 0 aliphatic heterocycles. The second kappa shape index (κ2) is 28.4. The first-order valence-corrected chi connectivity index (χ1v) is 18.5. The molecule has 0 amide bonds. The number of aryl methyl sites for hydroxylation is 4. The van der Waals surface area contributed by atoms with Gasteiger partial charge in [-0.2, -0.15) is 23.5 Å². The molecule has 0 unspecified atom stereocenters. The fourth-order valence-corrected chi connectivity index (χ4v) is 8.16. The third-order valence-electron chi connectivity index (χ3n) is 5.93. The Hall–Kier alpha value is -2.44. The summed E-state index contributed by atoms with van der Waals surface area (Å²) < 4.78 is 64.0. The van der Waals surface area contributed by atoms with Gasteiger partial charge in [0.25, 0.3) is 0 Å². The number of alkyl halides is 1. The molecule has 0 radical (unpaired) electrons. The van der Waals surface area contributed by atoms with Gasteiger partial charge in [0.2, 0.25) is 20.0 Å². The van der Waals surface area contributed by atoms with Crippen LogP contribution >= 0.6 is 35.0 Å². The van der Waals surface area contributed by atoms with Crippen molar-refractivity contribution in [3.63, 3.8) is 0 Å². The third kappa shape index (κ3) is 18.4. The summed E-state index contributed by atoms with van der Waals surface area (Å²) in [4.78, 5) is 33.3. The highest BCUT2D eigenvalue weighted by atomic mass is 127. The van der Waals surface area contributed by atoms with Gasteiger partial charge in [-0.25, -0.2) is 21.1 Å². The average Bonchev–Trinajstić information content (AvgIpc) is 2.97. The zero-order valence-electron chi connectivity index (χ0n) is 29.2. The van der Waals surface area contributed by atoms with Crippen molar-refractivity contribution in [2.75, 3.05) is 65.5 Å². The van der Waals surface area contributed by atoms with E-state index in [2.05, 4.69) is 27.9 Å². The SMILES string of the molecule is CCN.CCNCCN(C)S(=O)(=O)c1c(C)cc(OC)cc1C.COc1cc(C)c(S(=O)(=O)N(C)CCI)c(C)c1.Cl.O=C=O.O=C=O. The van der Waals surface area contributed by atoms with E-state index in [1.165, 1.54) is 8.61 Å². The molecule has 0 atom stereocenters. The Morgan fingerprint density at radius 2 is 1.00 bits per heavy atom. The number of likely N-dealkylation sites (N-methyl/N-ethyl adjacent to an activating group) is 2. The van der Waals surface area contributed by atoms with Crippen LogP contribution < -0.4 is 20.5 Å². The lowest BCUT2D eigenvalue weighted by atomic mass is 10.1. The number of nitrogens with two attached hydrogens (primary N) is 1. The molecule has 0 aliphatic rings. The molecule has 48 heavy (non-hydrogen) atoms. The van der Waals surface area contributed by atoms with Crippen molar-refractivity contribution in [1.29, 1.82) is 0 Å². The average molecular weight is 853 g/mol. The molecule has 18 heteroatoms. The van der Waals surface area contributed by atoms with Gasteiger partial charge in [-0.15, -0.1) is 12.4 Å². The molecular weight excluding hydrogens is 803 g/mol. The molecule has 2 aromatic carbocycles. The summed E-state index contributed by atoms with van der Waals surface area (Å²) in [6.07, 6.45) is 0.500. The summed E-state index contributed by atoms with van der Waals surface area (Å²) in [7, 11) is -0.519. The number of rotatable bonds is 12. The third-order valence-corrected chi connectivity index (χ3v) is 10.7. The van der Waals surface area contributed by atoms with E-state index in [-0.39, 0.29) is 24.7 Å². The number of ether oxygens (including phenoxy) is 2. The molecule has 2 rings (SSSR count). The Morgan fingerprint density at radius 1 is 0.729 bits per heavy atom. The first-order chi connectivity index (χ1) is 21.9. The Morgan fingerprint density at radius 3 is 1.23 bits per heavy atom. The lowest BCUT2D eigenvalue weighted by molar-refractivity contribution is -0.193. The zero-order valence-corrected chi connectivity index (χ0v) is 33.8. The van der Waals surface area contributed by atoms with Crippen LogP contribution in [0.5, 0.6) is 11.5 Å². The molecule has 3 N–H and O–H groups in total. The van der Waals surface area contributed by atoms with Crippen LogP contribution in [0.25, 0.3) is 0 Å². The highest BCUT2D eigenvalue weighted by Crippen LogP contribution is 2.28. The topological polar surface area (TPSA) is 200 Å². The van der Waals surface area contributed by atoms with E-state index in [1.54, 1.807) is 80.3 Å². The predicted molar refractivity (Wildman–Crippen MR) is 194 cm³/mol. The van der Waals surface area contributed by atoms with Crippen LogP contribution in [0.3, 0.4) is 0 Å². The van der Waals surface area contributed by atoms with Crippen LogP contribution in [0, 0.1) is 27.7 Å². The number of nitrogens with zero attached hydrogens (tertiary/aromatic N) is 2. The first kappa shape index (κ1) is 52.4. The highest BCUT2D eigenvalue weighted by Gasteiger charge is 2.26. The summed E-state index contributed by atoms with van der Waals surface area (Å²) >= 11 is 2.16. The summed E-state index contributed by atoms with van der Waals surface area (Å²) in [5.41, 5.74) is 7.69. The van der Waals surface area contributed by atoms with Crippen LogP contribution in [0.4, 0.5) is 0 Å². The van der Waals surface area contributed by atoms with Gasteiger partial charge in [-0.05, 0) is 87.3 Å². The molecule has 0 aliphatic carbocycles. The fourth-order valence-electron chi connectivity index (χ4n) is 3.95. The minimum absolute atomic E-state index is 0. The lowest BCUT2D eigenvalue weighted by Gasteiger charge is -2.20. The van der Waals surface area contributed by atoms with Crippen LogP contribution in [-0.4, -0.2) is 103 Å². The molecule has 0 saturated heterocycles. The van der Waals surface area contributed by atoms with E-state index in [1.807, 2.05) is 13.8 Å². The predicted octanol–water partition coefficient (Wildman–Crippen LogP) is 3.13. The lowest BCUT2D eigenvalue weighted by Crippen LogP contribution is -2.34. The van der Waals surface area contributed by atoms with Crippen molar-refractivity contribution in [3.05, 3.63) is 46.5 Å². The largest absolute Gasteiger partial charge is 0.497 e. The molecule has 0 saturated carbocycles. The second-order valence-electron chi connectivity index (χ2n) is 9.45. The second-order valence-corrected chi connectivity index (χ2v) is 14.5. The van der Waals surface area contributed by atoms with Crippen molar-refractivity contribution < 1.29 is 45.5 Å². The highest BCUT2D eigenvalue weighted by molar-refractivity contribution is 14.1. The van der Waals surface area contributed by atoms with Crippen molar-refractivity contribution in [2.45, 2.75) is 51.3 Å². The van der Waals surface area contributed by atoms with Crippen LogP contribution in [0.15, 0.2) is 34.1 Å². The maximum Gasteiger partial charge on any atom is 0.373 e. The summed E-state index contributed by atoms with van der Waals surface area (Å²) in [5, 5.41) is 3.12. The summed E-state index contributed by atoms with van der Waals surface area (Å²) in [6, 6.07) is 6.99. The van der Waals surface area contributed by atoms with Gasteiger partial charge in [0.05, 0.1) is 24.0 Å². The number of methoxy groups -OCH3 is 2. The first-order valence-electron chi connectivity index (χ1n) is 14.1. The van der Waals surface area contributed by atoms with Crippen LogP contribution in [0.1, 0.15) is 36.1 Å². The standard InChI is InChI=1S/C14H24N2O3S.C12H18INO3S.C2H7N.2CO2.ClH/c1-6-15-7-8-16(4)20(17,18)14-11(2)9-13(19-5)10-12(14)3;1-9-7-11(17-4)8-10(2)12(9)18(15,16)14(3)6-5-13;1-2-3;2*2-1-3;/h9-10,15H,6-8H2,1-5H3;7-8H,5-6H2,1-4H3;2-3H2,1H3;;;1H. The van der Waals surface area contributed by atoms with Crippen molar-refractivity contribution >= 4 is 67.3 Å². The van der Waals surface area contributed by atoms with Crippen molar-refractivity contribution in [2.24, 2.45) is 5.73 Å². The van der Waals surface area contributed by atoms with Crippen molar-refractivity contribution in [3.8, 4) is 11.5 Å². The molecule has 276 valence electrons. The number of nitrogens with one attached hydrogen (secondary N) is 1.